The minimum absolute atomic E-state index is 0.619. The third-order valence-electron chi connectivity index (χ3n) is 4.17. The summed E-state index contributed by atoms with van der Waals surface area (Å²) in [4.78, 5) is 2.64. The zero-order valence-corrected chi connectivity index (χ0v) is 12.8. The van der Waals surface area contributed by atoms with Crippen molar-refractivity contribution in [2.45, 2.75) is 25.4 Å². The molecule has 1 N–H and O–H groups in total. The average molecular weight is 286 g/mol. The Hall–Kier alpha value is -1.16. The van der Waals surface area contributed by atoms with E-state index in [4.69, 9.17) is 0 Å². The fraction of sp³-hybridized carbons (Fsp3) is 0.412. The Balaban J connectivity index is 1.70. The summed E-state index contributed by atoms with van der Waals surface area (Å²) < 4.78 is 0. The van der Waals surface area contributed by atoms with Crippen molar-refractivity contribution in [3.8, 4) is 0 Å². The molecule has 0 aliphatic carbocycles. The normalized spacial score (nSPS) is 18.9. The zero-order valence-electron chi connectivity index (χ0n) is 12.0. The molecule has 0 saturated carbocycles. The van der Waals surface area contributed by atoms with Crippen molar-refractivity contribution >= 4 is 11.3 Å². The number of hydrogen-bond donors (Lipinski definition) is 1. The second-order valence-corrected chi connectivity index (χ2v) is 6.32. The van der Waals surface area contributed by atoms with Gasteiger partial charge < -0.3 is 5.32 Å². The van der Waals surface area contributed by atoms with Gasteiger partial charge in [-0.15, -0.1) is 0 Å². The van der Waals surface area contributed by atoms with Crippen molar-refractivity contribution < 1.29 is 0 Å². The number of thiophene rings is 1. The van der Waals surface area contributed by atoms with Crippen LogP contribution >= 0.6 is 11.3 Å². The standard InChI is InChI=1S/C17H22N2S/c1-18-11-17-10-15-4-2-3-5-16(15)12-19(17)8-6-14-7-9-20-13-14/h2-5,7,9,13,17-18H,6,8,10-12H2,1H3. The smallest absolute Gasteiger partial charge is 0.0264 e. The molecule has 0 saturated heterocycles. The highest BCUT2D eigenvalue weighted by Crippen LogP contribution is 2.23. The number of nitrogens with zero attached hydrogens (tertiary/aromatic N) is 1. The van der Waals surface area contributed by atoms with E-state index >= 15 is 0 Å². The predicted octanol–water partition coefficient (Wildman–Crippen LogP) is 2.94. The van der Waals surface area contributed by atoms with Crippen molar-refractivity contribution in [1.29, 1.82) is 0 Å². The minimum Gasteiger partial charge on any atom is -0.318 e. The Labute approximate surface area is 125 Å². The summed E-state index contributed by atoms with van der Waals surface area (Å²) in [7, 11) is 2.05. The molecular weight excluding hydrogens is 264 g/mol. The van der Waals surface area contributed by atoms with Crippen molar-refractivity contribution in [3.63, 3.8) is 0 Å². The van der Waals surface area contributed by atoms with Crippen LogP contribution < -0.4 is 5.32 Å². The van der Waals surface area contributed by atoms with Gasteiger partial charge >= 0.3 is 0 Å². The van der Waals surface area contributed by atoms with E-state index in [-0.39, 0.29) is 0 Å². The SMILES string of the molecule is CNCC1Cc2ccccc2CN1CCc1ccsc1. The van der Waals surface area contributed by atoms with Crippen LogP contribution in [0, 0.1) is 0 Å². The maximum absolute atomic E-state index is 3.35. The monoisotopic (exact) mass is 286 g/mol. The van der Waals surface area contributed by atoms with E-state index in [0.717, 1.165) is 26.1 Å². The molecule has 2 nitrogen and oxygen atoms in total. The third kappa shape index (κ3) is 3.11. The lowest BCUT2D eigenvalue weighted by atomic mass is 9.93. The number of benzene rings is 1. The van der Waals surface area contributed by atoms with Crippen molar-refractivity contribution in [2.75, 3.05) is 20.1 Å². The summed E-state index contributed by atoms with van der Waals surface area (Å²) in [5.74, 6) is 0. The quantitative estimate of drug-likeness (QED) is 0.909. The third-order valence-corrected chi connectivity index (χ3v) is 4.90. The van der Waals surface area contributed by atoms with Gasteiger partial charge in [-0.3, -0.25) is 4.90 Å². The molecule has 0 spiro atoms. The molecule has 106 valence electrons. The Kier molecular flexibility index (Phi) is 4.51. The van der Waals surface area contributed by atoms with Gasteiger partial charge in [-0.2, -0.15) is 11.3 Å². The number of fused-ring (bicyclic) bond motifs is 1. The Bertz CT molecular complexity index is 536. The van der Waals surface area contributed by atoms with E-state index in [9.17, 15) is 0 Å². The lowest BCUT2D eigenvalue weighted by Gasteiger charge is -2.37. The first-order valence-electron chi connectivity index (χ1n) is 7.33. The van der Waals surface area contributed by atoms with Crippen LogP contribution in [-0.2, 0) is 19.4 Å². The summed E-state index contributed by atoms with van der Waals surface area (Å²) in [5.41, 5.74) is 4.50. The van der Waals surface area contributed by atoms with Crippen LogP contribution in [0.15, 0.2) is 41.1 Å². The minimum atomic E-state index is 0.619. The summed E-state index contributed by atoms with van der Waals surface area (Å²) >= 11 is 1.79. The summed E-state index contributed by atoms with van der Waals surface area (Å²) in [6, 6.07) is 11.8. The van der Waals surface area contributed by atoms with Gasteiger partial charge in [0.1, 0.15) is 0 Å². The summed E-state index contributed by atoms with van der Waals surface area (Å²) in [6.07, 6.45) is 2.33. The van der Waals surface area contributed by atoms with Crippen LogP contribution in [0.5, 0.6) is 0 Å². The lowest BCUT2D eigenvalue weighted by Crippen LogP contribution is -2.46. The Morgan fingerprint density at radius 1 is 1.25 bits per heavy atom. The number of nitrogens with one attached hydrogen (secondary N) is 1. The van der Waals surface area contributed by atoms with E-state index in [0.29, 0.717) is 6.04 Å². The molecule has 1 unspecified atom stereocenters. The highest BCUT2D eigenvalue weighted by Gasteiger charge is 2.24. The van der Waals surface area contributed by atoms with Crippen LogP contribution in [0.25, 0.3) is 0 Å². The van der Waals surface area contributed by atoms with Gasteiger partial charge in [0, 0.05) is 25.7 Å². The molecule has 3 heteroatoms. The van der Waals surface area contributed by atoms with Gasteiger partial charge in [0.25, 0.3) is 0 Å². The molecule has 1 aromatic heterocycles. The lowest BCUT2D eigenvalue weighted by molar-refractivity contribution is 0.172. The molecule has 3 rings (SSSR count). The van der Waals surface area contributed by atoms with Gasteiger partial charge in [0.05, 0.1) is 0 Å². The molecule has 1 aromatic carbocycles. The molecule has 1 aliphatic heterocycles. The molecule has 20 heavy (non-hydrogen) atoms. The summed E-state index contributed by atoms with van der Waals surface area (Å²) in [6.45, 7) is 3.31. The Morgan fingerprint density at radius 2 is 2.10 bits per heavy atom. The van der Waals surface area contributed by atoms with E-state index in [1.807, 2.05) is 0 Å². The van der Waals surface area contributed by atoms with E-state index in [1.165, 1.54) is 23.1 Å². The van der Waals surface area contributed by atoms with Crippen LogP contribution in [-0.4, -0.2) is 31.1 Å². The number of rotatable bonds is 5. The molecular formula is C17H22N2S. The fourth-order valence-electron chi connectivity index (χ4n) is 3.05. The molecule has 0 bridgehead atoms. The molecule has 1 atom stereocenters. The van der Waals surface area contributed by atoms with Gasteiger partial charge in [0.2, 0.25) is 0 Å². The molecule has 0 fully saturated rings. The van der Waals surface area contributed by atoms with Crippen molar-refractivity contribution in [1.82, 2.24) is 10.2 Å². The van der Waals surface area contributed by atoms with Crippen LogP contribution in [0.4, 0.5) is 0 Å². The molecule has 0 amide bonds. The van der Waals surface area contributed by atoms with E-state index in [2.05, 4.69) is 58.4 Å². The first kappa shape index (κ1) is 13.8. The number of hydrogen-bond acceptors (Lipinski definition) is 3. The highest BCUT2D eigenvalue weighted by atomic mass is 32.1. The van der Waals surface area contributed by atoms with Crippen LogP contribution in [0.1, 0.15) is 16.7 Å². The van der Waals surface area contributed by atoms with Crippen molar-refractivity contribution in [3.05, 3.63) is 57.8 Å². The first-order chi connectivity index (χ1) is 9.86. The second kappa shape index (κ2) is 6.53. The van der Waals surface area contributed by atoms with E-state index in [1.54, 1.807) is 11.3 Å². The molecule has 2 aromatic rings. The van der Waals surface area contributed by atoms with Crippen LogP contribution in [0.3, 0.4) is 0 Å². The molecule has 1 aliphatic rings. The maximum Gasteiger partial charge on any atom is 0.0264 e. The number of likely N-dealkylation sites (N-methyl/N-ethyl adjacent to an activating group) is 1. The Morgan fingerprint density at radius 3 is 2.85 bits per heavy atom. The molecule has 0 radical (unpaired) electrons. The van der Waals surface area contributed by atoms with Gasteiger partial charge in [0.15, 0.2) is 0 Å². The van der Waals surface area contributed by atoms with Gasteiger partial charge in [-0.1, -0.05) is 24.3 Å². The van der Waals surface area contributed by atoms with Crippen LogP contribution in [0.2, 0.25) is 0 Å². The zero-order chi connectivity index (χ0) is 13.8. The fourth-order valence-corrected chi connectivity index (χ4v) is 3.75. The van der Waals surface area contributed by atoms with Crippen molar-refractivity contribution in [2.24, 2.45) is 0 Å². The van der Waals surface area contributed by atoms with Gasteiger partial charge in [-0.05, 0) is 53.4 Å². The first-order valence-corrected chi connectivity index (χ1v) is 8.27. The topological polar surface area (TPSA) is 15.3 Å². The predicted molar refractivity (Wildman–Crippen MR) is 86.3 cm³/mol. The average Bonchev–Trinajstić information content (AvgIpc) is 2.98. The van der Waals surface area contributed by atoms with E-state index < -0.39 is 0 Å². The maximum atomic E-state index is 3.35. The summed E-state index contributed by atoms with van der Waals surface area (Å²) in [5, 5.41) is 7.79. The van der Waals surface area contributed by atoms with Gasteiger partial charge in [-0.25, -0.2) is 0 Å². The largest absolute Gasteiger partial charge is 0.318 e. The second-order valence-electron chi connectivity index (χ2n) is 5.54. The molecule has 2 heterocycles. The highest BCUT2D eigenvalue weighted by molar-refractivity contribution is 7.07.